The molecule has 0 N–H and O–H groups in total. The second-order valence-electron chi connectivity index (χ2n) is 8.68. The first kappa shape index (κ1) is 21.4. The minimum Gasteiger partial charge on any atom is -0.489 e. The predicted octanol–water partition coefficient (Wildman–Crippen LogP) is 3.37. The third-order valence-electron chi connectivity index (χ3n) is 6.42. The lowest BCUT2D eigenvalue weighted by atomic mass is 9.82. The van der Waals surface area contributed by atoms with Crippen molar-refractivity contribution in [3.8, 4) is 5.75 Å². The van der Waals surface area contributed by atoms with E-state index in [0.29, 0.717) is 25.6 Å². The summed E-state index contributed by atoms with van der Waals surface area (Å²) >= 11 is 6.62. The van der Waals surface area contributed by atoms with E-state index in [0.717, 1.165) is 61.7 Å². The number of benzene rings is 1. The Morgan fingerprint density at radius 3 is 2.45 bits per heavy atom. The van der Waals surface area contributed by atoms with E-state index < -0.39 is 10.2 Å². The molecule has 2 heterocycles. The van der Waals surface area contributed by atoms with Crippen LogP contribution in [-0.2, 0) is 16.8 Å². The van der Waals surface area contributed by atoms with E-state index in [1.807, 2.05) is 12.1 Å². The standard InChI is InChI=1S/C21H32ClN3O3S/c1-23(29(26,27)25-11-4-5-12-25)15-17-13-19(14-17)28-20-8-6-7-18(21(20)22)16-24-9-2-3-10-24/h6-8,17,19H,2-5,9-16H2,1H3. The zero-order valence-corrected chi connectivity index (χ0v) is 18.8. The third-order valence-corrected chi connectivity index (χ3v) is 8.81. The molecule has 0 aromatic heterocycles. The van der Waals surface area contributed by atoms with Gasteiger partial charge in [0.15, 0.2) is 0 Å². The number of nitrogens with zero attached hydrogens (tertiary/aromatic N) is 3. The van der Waals surface area contributed by atoms with Crippen molar-refractivity contribution < 1.29 is 13.2 Å². The fourth-order valence-corrected chi connectivity index (χ4v) is 6.37. The van der Waals surface area contributed by atoms with E-state index in [9.17, 15) is 8.42 Å². The van der Waals surface area contributed by atoms with Crippen molar-refractivity contribution in [2.24, 2.45) is 5.92 Å². The lowest BCUT2D eigenvalue weighted by Gasteiger charge is -2.38. The van der Waals surface area contributed by atoms with Crippen LogP contribution in [0.25, 0.3) is 0 Å². The van der Waals surface area contributed by atoms with Gasteiger partial charge in [-0.1, -0.05) is 23.7 Å². The number of ether oxygens (including phenoxy) is 1. The molecular weight excluding hydrogens is 410 g/mol. The minimum absolute atomic E-state index is 0.113. The molecule has 8 heteroatoms. The van der Waals surface area contributed by atoms with E-state index in [1.165, 1.54) is 17.1 Å². The van der Waals surface area contributed by atoms with Crippen LogP contribution >= 0.6 is 11.6 Å². The summed E-state index contributed by atoms with van der Waals surface area (Å²) in [5, 5.41) is 0.719. The van der Waals surface area contributed by atoms with Crippen LogP contribution in [0.5, 0.6) is 5.75 Å². The van der Waals surface area contributed by atoms with Crippen LogP contribution in [0.1, 0.15) is 44.1 Å². The van der Waals surface area contributed by atoms with Gasteiger partial charge < -0.3 is 4.74 Å². The molecule has 29 heavy (non-hydrogen) atoms. The SMILES string of the molecule is CN(CC1CC(Oc2cccc(CN3CCCC3)c2Cl)C1)S(=O)(=O)N1CCCC1. The second kappa shape index (κ2) is 9.10. The van der Waals surface area contributed by atoms with Gasteiger partial charge in [0.25, 0.3) is 10.2 Å². The van der Waals surface area contributed by atoms with E-state index in [4.69, 9.17) is 16.3 Å². The predicted molar refractivity (Wildman–Crippen MR) is 115 cm³/mol. The highest BCUT2D eigenvalue weighted by molar-refractivity contribution is 7.86. The monoisotopic (exact) mass is 441 g/mol. The lowest BCUT2D eigenvalue weighted by Crippen LogP contribution is -2.46. The number of halogens is 1. The Kier molecular flexibility index (Phi) is 6.71. The first-order valence-electron chi connectivity index (χ1n) is 10.8. The maximum atomic E-state index is 12.6. The lowest BCUT2D eigenvalue weighted by molar-refractivity contribution is 0.0569. The molecule has 6 nitrogen and oxygen atoms in total. The molecule has 1 aliphatic carbocycles. The molecule has 0 unspecified atom stereocenters. The van der Waals surface area contributed by atoms with Crippen LogP contribution in [0.3, 0.4) is 0 Å². The largest absolute Gasteiger partial charge is 0.489 e. The van der Waals surface area contributed by atoms with Crippen LogP contribution in [0.4, 0.5) is 0 Å². The smallest absolute Gasteiger partial charge is 0.281 e. The normalized spacial score (nSPS) is 26.2. The molecule has 0 amide bonds. The van der Waals surface area contributed by atoms with Gasteiger partial charge in [-0.25, -0.2) is 0 Å². The molecule has 162 valence electrons. The Morgan fingerprint density at radius 1 is 1.10 bits per heavy atom. The summed E-state index contributed by atoms with van der Waals surface area (Å²) in [6, 6.07) is 6.03. The molecule has 2 aliphatic heterocycles. The first-order chi connectivity index (χ1) is 13.9. The van der Waals surface area contributed by atoms with E-state index in [-0.39, 0.29) is 6.10 Å². The topological polar surface area (TPSA) is 53.1 Å². The maximum absolute atomic E-state index is 12.6. The van der Waals surface area contributed by atoms with Gasteiger partial charge in [0.1, 0.15) is 5.75 Å². The number of hydrogen-bond donors (Lipinski definition) is 0. The van der Waals surface area contributed by atoms with Crippen molar-refractivity contribution >= 4 is 21.8 Å². The minimum atomic E-state index is -3.31. The molecule has 1 aromatic carbocycles. The molecule has 3 fully saturated rings. The zero-order chi connectivity index (χ0) is 20.4. The maximum Gasteiger partial charge on any atom is 0.281 e. The fraction of sp³-hybridized carbons (Fsp3) is 0.714. The molecule has 0 bridgehead atoms. The highest BCUT2D eigenvalue weighted by Gasteiger charge is 2.36. The highest BCUT2D eigenvalue weighted by atomic mass is 35.5. The average Bonchev–Trinajstić information content (AvgIpc) is 3.36. The summed E-state index contributed by atoms with van der Waals surface area (Å²) in [4.78, 5) is 2.43. The van der Waals surface area contributed by atoms with Gasteiger partial charge >= 0.3 is 0 Å². The molecule has 1 saturated carbocycles. The molecule has 0 radical (unpaired) electrons. The van der Waals surface area contributed by atoms with Crippen LogP contribution in [0, 0.1) is 5.92 Å². The second-order valence-corrected chi connectivity index (χ2v) is 11.1. The Morgan fingerprint density at radius 2 is 1.76 bits per heavy atom. The molecule has 1 aromatic rings. The van der Waals surface area contributed by atoms with Crippen LogP contribution in [0.2, 0.25) is 5.02 Å². The van der Waals surface area contributed by atoms with E-state index in [1.54, 1.807) is 11.4 Å². The summed E-state index contributed by atoms with van der Waals surface area (Å²) in [6.45, 7) is 5.01. The third kappa shape index (κ3) is 4.90. The molecule has 2 saturated heterocycles. The van der Waals surface area contributed by atoms with Crippen LogP contribution in [0.15, 0.2) is 18.2 Å². The molecule has 0 atom stereocenters. The summed E-state index contributed by atoms with van der Waals surface area (Å²) in [7, 11) is -1.62. The number of hydrogen-bond acceptors (Lipinski definition) is 4. The first-order valence-corrected chi connectivity index (χ1v) is 12.6. The van der Waals surface area contributed by atoms with Crippen molar-refractivity contribution in [1.82, 2.24) is 13.5 Å². The Hall–Kier alpha value is -0.860. The van der Waals surface area contributed by atoms with Crippen molar-refractivity contribution in [2.45, 2.75) is 51.2 Å². The van der Waals surface area contributed by atoms with Gasteiger partial charge in [0, 0.05) is 33.2 Å². The molecule has 3 aliphatic rings. The zero-order valence-electron chi connectivity index (χ0n) is 17.2. The average molecular weight is 442 g/mol. The Balaban J connectivity index is 1.27. The quantitative estimate of drug-likeness (QED) is 0.620. The molecular formula is C21H32ClN3O3S. The molecule has 0 spiro atoms. The number of likely N-dealkylation sites (tertiary alicyclic amines) is 1. The van der Waals surface area contributed by atoms with Gasteiger partial charge in [-0.3, -0.25) is 4.90 Å². The van der Waals surface area contributed by atoms with Crippen molar-refractivity contribution in [3.05, 3.63) is 28.8 Å². The van der Waals surface area contributed by atoms with Crippen molar-refractivity contribution in [3.63, 3.8) is 0 Å². The van der Waals surface area contributed by atoms with E-state index in [2.05, 4.69) is 11.0 Å². The number of rotatable bonds is 8. The summed E-state index contributed by atoms with van der Waals surface area (Å²) in [5.41, 5.74) is 1.12. The summed E-state index contributed by atoms with van der Waals surface area (Å²) < 4.78 is 34.5. The van der Waals surface area contributed by atoms with Gasteiger partial charge in [0.05, 0.1) is 11.1 Å². The van der Waals surface area contributed by atoms with Crippen molar-refractivity contribution in [1.29, 1.82) is 0 Å². The van der Waals surface area contributed by atoms with E-state index >= 15 is 0 Å². The Bertz CT molecular complexity index is 801. The summed E-state index contributed by atoms with van der Waals surface area (Å²) in [6.07, 6.45) is 6.30. The fourth-order valence-electron chi connectivity index (χ4n) is 4.62. The van der Waals surface area contributed by atoms with Crippen molar-refractivity contribution in [2.75, 3.05) is 39.8 Å². The Labute approximate surface area is 179 Å². The highest BCUT2D eigenvalue weighted by Crippen LogP contribution is 2.36. The summed E-state index contributed by atoms with van der Waals surface area (Å²) in [5.74, 6) is 1.10. The van der Waals surface area contributed by atoms with Gasteiger partial charge in [-0.2, -0.15) is 17.0 Å². The van der Waals surface area contributed by atoms with Gasteiger partial charge in [-0.15, -0.1) is 0 Å². The van der Waals surface area contributed by atoms with Crippen LogP contribution < -0.4 is 4.74 Å². The van der Waals surface area contributed by atoms with Gasteiger partial charge in [0.2, 0.25) is 0 Å². The molecule has 4 rings (SSSR count). The van der Waals surface area contributed by atoms with Gasteiger partial charge in [-0.05, 0) is 69.2 Å². The van der Waals surface area contributed by atoms with Crippen LogP contribution in [-0.4, -0.2) is 67.8 Å².